The number of benzene rings is 1. The molecule has 100 valence electrons. The number of nitrogens with zero attached hydrogens (tertiary/aromatic N) is 1. The maximum absolute atomic E-state index is 6.31. The Morgan fingerprint density at radius 2 is 2.22 bits per heavy atom. The van der Waals surface area contributed by atoms with E-state index in [0.29, 0.717) is 10.0 Å². The molecule has 0 bridgehead atoms. The number of nitrogens with one attached hydrogen (secondary N) is 1. The molecule has 0 radical (unpaired) electrons. The van der Waals surface area contributed by atoms with Crippen molar-refractivity contribution in [1.82, 2.24) is 10.2 Å². The van der Waals surface area contributed by atoms with Gasteiger partial charge in [-0.2, -0.15) is 0 Å². The fraction of sp³-hybridized carbons (Fsp3) is 0.538. The van der Waals surface area contributed by atoms with Crippen molar-refractivity contribution in [2.75, 3.05) is 33.8 Å². The van der Waals surface area contributed by atoms with Gasteiger partial charge in [0.25, 0.3) is 0 Å². The summed E-state index contributed by atoms with van der Waals surface area (Å²) in [5, 5.41) is 4.53. The third-order valence-corrected chi connectivity index (χ3v) is 3.85. The van der Waals surface area contributed by atoms with Crippen molar-refractivity contribution in [2.45, 2.75) is 12.1 Å². The molecule has 1 N–H and O–H groups in total. The molecular formula is C13H18Cl2N2O. The zero-order valence-electron chi connectivity index (χ0n) is 10.6. The number of hydrogen-bond acceptors (Lipinski definition) is 3. The molecule has 2 rings (SSSR count). The van der Waals surface area contributed by atoms with E-state index in [1.165, 1.54) is 0 Å². The molecule has 0 saturated carbocycles. The van der Waals surface area contributed by atoms with Crippen LogP contribution in [0.5, 0.6) is 0 Å². The highest BCUT2D eigenvalue weighted by atomic mass is 35.5. The first-order valence-electron chi connectivity index (χ1n) is 6.05. The van der Waals surface area contributed by atoms with Gasteiger partial charge in [-0.15, -0.1) is 0 Å². The minimum atomic E-state index is 0.104. The van der Waals surface area contributed by atoms with Gasteiger partial charge in [0.05, 0.1) is 18.8 Å². The van der Waals surface area contributed by atoms with Gasteiger partial charge in [-0.1, -0.05) is 29.3 Å². The van der Waals surface area contributed by atoms with E-state index in [0.717, 1.165) is 25.3 Å². The van der Waals surface area contributed by atoms with Crippen LogP contribution in [-0.4, -0.2) is 44.8 Å². The van der Waals surface area contributed by atoms with E-state index < -0.39 is 0 Å². The van der Waals surface area contributed by atoms with Gasteiger partial charge < -0.3 is 10.1 Å². The Labute approximate surface area is 118 Å². The van der Waals surface area contributed by atoms with E-state index in [1.54, 1.807) is 6.07 Å². The van der Waals surface area contributed by atoms with E-state index in [9.17, 15) is 0 Å². The van der Waals surface area contributed by atoms with Crippen molar-refractivity contribution in [1.29, 1.82) is 0 Å². The maximum atomic E-state index is 6.31. The number of ether oxygens (including phenoxy) is 1. The van der Waals surface area contributed by atoms with Gasteiger partial charge in [-0.25, -0.2) is 0 Å². The summed E-state index contributed by atoms with van der Waals surface area (Å²) in [5.74, 6) is 0. The molecule has 1 fully saturated rings. The number of rotatable bonds is 3. The molecule has 1 aromatic carbocycles. The third-order valence-electron chi connectivity index (χ3n) is 3.29. The highest BCUT2D eigenvalue weighted by Gasteiger charge is 2.32. The van der Waals surface area contributed by atoms with E-state index in [1.807, 2.05) is 19.2 Å². The topological polar surface area (TPSA) is 24.5 Å². The van der Waals surface area contributed by atoms with Crippen LogP contribution in [0.15, 0.2) is 18.2 Å². The molecule has 0 aliphatic carbocycles. The van der Waals surface area contributed by atoms with Gasteiger partial charge in [0.1, 0.15) is 0 Å². The summed E-state index contributed by atoms with van der Waals surface area (Å²) >= 11 is 12.3. The molecule has 3 nitrogen and oxygen atoms in total. The van der Waals surface area contributed by atoms with Gasteiger partial charge in [-0.05, 0) is 31.8 Å². The van der Waals surface area contributed by atoms with Crippen molar-refractivity contribution in [3.05, 3.63) is 33.8 Å². The first-order chi connectivity index (χ1) is 8.63. The second-order valence-electron chi connectivity index (χ2n) is 4.56. The Kier molecular flexibility index (Phi) is 4.87. The average molecular weight is 289 g/mol. The maximum Gasteiger partial charge on any atom is 0.0896 e. The van der Waals surface area contributed by atoms with Crippen LogP contribution in [0.25, 0.3) is 0 Å². The van der Waals surface area contributed by atoms with Gasteiger partial charge in [0, 0.05) is 23.1 Å². The quantitative estimate of drug-likeness (QED) is 0.925. The minimum absolute atomic E-state index is 0.104. The monoisotopic (exact) mass is 288 g/mol. The predicted molar refractivity (Wildman–Crippen MR) is 75.5 cm³/mol. The first kappa shape index (κ1) is 14.1. The molecule has 0 aromatic heterocycles. The van der Waals surface area contributed by atoms with Crippen LogP contribution in [0.4, 0.5) is 0 Å². The molecule has 1 aromatic rings. The van der Waals surface area contributed by atoms with E-state index >= 15 is 0 Å². The summed E-state index contributed by atoms with van der Waals surface area (Å²) in [7, 11) is 4.03. The van der Waals surface area contributed by atoms with Gasteiger partial charge in [0.2, 0.25) is 0 Å². The molecule has 18 heavy (non-hydrogen) atoms. The SMILES string of the molecule is CNCC1OCCN(C)C1c1ccc(Cl)cc1Cl. The van der Waals surface area contributed by atoms with Gasteiger partial charge in [0.15, 0.2) is 0 Å². The number of morpholine rings is 1. The second kappa shape index (κ2) is 6.22. The van der Waals surface area contributed by atoms with Crippen LogP contribution >= 0.6 is 23.2 Å². The van der Waals surface area contributed by atoms with Crippen molar-refractivity contribution in [3.8, 4) is 0 Å². The number of hydrogen-bond donors (Lipinski definition) is 1. The Morgan fingerprint density at radius 1 is 1.44 bits per heavy atom. The minimum Gasteiger partial charge on any atom is -0.374 e. The van der Waals surface area contributed by atoms with E-state index in [-0.39, 0.29) is 12.1 Å². The van der Waals surface area contributed by atoms with Gasteiger partial charge >= 0.3 is 0 Å². The van der Waals surface area contributed by atoms with E-state index in [2.05, 4.69) is 17.3 Å². The highest BCUT2D eigenvalue weighted by molar-refractivity contribution is 6.35. The van der Waals surface area contributed by atoms with Crippen LogP contribution in [0, 0.1) is 0 Å². The zero-order chi connectivity index (χ0) is 13.1. The Morgan fingerprint density at radius 3 is 2.89 bits per heavy atom. The molecule has 2 unspecified atom stereocenters. The summed E-state index contributed by atoms with van der Waals surface area (Å²) < 4.78 is 5.85. The average Bonchev–Trinajstić information content (AvgIpc) is 2.31. The molecule has 1 heterocycles. The lowest BCUT2D eigenvalue weighted by atomic mass is 9.98. The van der Waals surface area contributed by atoms with Crippen LogP contribution in [0.3, 0.4) is 0 Å². The summed E-state index contributed by atoms with van der Waals surface area (Å²) in [5.41, 5.74) is 1.07. The highest BCUT2D eigenvalue weighted by Crippen LogP contribution is 2.34. The lowest BCUT2D eigenvalue weighted by Crippen LogP contribution is -2.47. The third kappa shape index (κ3) is 2.98. The van der Waals surface area contributed by atoms with Crippen molar-refractivity contribution < 1.29 is 4.74 Å². The Bertz CT molecular complexity index is 412. The first-order valence-corrected chi connectivity index (χ1v) is 6.80. The largest absolute Gasteiger partial charge is 0.374 e. The Hall–Kier alpha value is -0.320. The van der Waals surface area contributed by atoms with Crippen LogP contribution in [-0.2, 0) is 4.74 Å². The lowest BCUT2D eigenvalue weighted by Gasteiger charge is -2.39. The van der Waals surface area contributed by atoms with Crippen molar-refractivity contribution in [3.63, 3.8) is 0 Å². The number of halogens is 2. The fourth-order valence-corrected chi connectivity index (χ4v) is 2.93. The normalized spacial score (nSPS) is 25.3. The standard InChI is InChI=1S/C13H18Cl2N2O/c1-16-8-12-13(17(2)5-6-18-12)10-4-3-9(14)7-11(10)15/h3-4,7,12-13,16H,5-6,8H2,1-2H3. The summed E-state index contributed by atoms with van der Waals surface area (Å²) in [6, 6.07) is 5.82. The molecule has 0 spiro atoms. The molecular weight excluding hydrogens is 271 g/mol. The zero-order valence-corrected chi connectivity index (χ0v) is 12.1. The van der Waals surface area contributed by atoms with E-state index in [4.69, 9.17) is 27.9 Å². The molecule has 1 saturated heterocycles. The van der Waals surface area contributed by atoms with Gasteiger partial charge in [-0.3, -0.25) is 4.90 Å². The summed E-state index contributed by atoms with van der Waals surface area (Å²) in [4.78, 5) is 2.28. The molecule has 5 heteroatoms. The molecule has 0 amide bonds. The smallest absolute Gasteiger partial charge is 0.0896 e. The van der Waals surface area contributed by atoms with Crippen molar-refractivity contribution >= 4 is 23.2 Å². The number of likely N-dealkylation sites (N-methyl/N-ethyl adjacent to an activating group) is 2. The predicted octanol–water partition coefficient (Wildman–Crippen LogP) is 2.58. The molecule has 2 atom stereocenters. The van der Waals surface area contributed by atoms with Crippen LogP contribution < -0.4 is 5.32 Å². The fourth-order valence-electron chi connectivity index (χ4n) is 2.41. The van der Waals surface area contributed by atoms with Crippen LogP contribution in [0.1, 0.15) is 11.6 Å². The van der Waals surface area contributed by atoms with Crippen molar-refractivity contribution in [2.24, 2.45) is 0 Å². The lowest BCUT2D eigenvalue weighted by molar-refractivity contribution is -0.0606. The molecule has 1 aliphatic heterocycles. The Balaban J connectivity index is 2.31. The summed E-state index contributed by atoms with van der Waals surface area (Å²) in [6.07, 6.45) is 0.104. The summed E-state index contributed by atoms with van der Waals surface area (Å²) in [6.45, 7) is 2.46. The molecule has 1 aliphatic rings. The van der Waals surface area contributed by atoms with Crippen LogP contribution in [0.2, 0.25) is 10.0 Å². The second-order valence-corrected chi connectivity index (χ2v) is 5.40.